The summed E-state index contributed by atoms with van der Waals surface area (Å²) in [5, 5.41) is 17.8. The molecule has 2 N–H and O–H groups in total. The lowest BCUT2D eigenvalue weighted by atomic mass is 10.1. The molecule has 1 heterocycles. The van der Waals surface area contributed by atoms with Crippen LogP contribution in [0.15, 0.2) is 54.6 Å². The molecule has 0 fully saturated rings. The fraction of sp³-hybridized carbons (Fsp3) is 0.333. The Bertz CT molecular complexity index is 1050. The van der Waals surface area contributed by atoms with Crippen LogP contribution in [0.25, 0.3) is 5.69 Å². The Morgan fingerprint density at radius 1 is 1.06 bits per heavy atom. The molecule has 8 heteroatoms. The number of hydrogen-bond acceptors (Lipinski definition) is 4. The van der Waals surface area contributed by atoms with Gasteiger partial charge < -0.3 is 15.2 Å². The predicted molar refractivity (Wildman–Crippen MR) is 115 cm³/mol. The number of rotatable bonds is 7. The number of ether oxygens (including phenoxy) is 1. The molecule has 0 saturated heterocycles. The first-order chi connectivity index (χ1) is 15.5. The van der Waals surface area contributed by atoms with E-state index < -0.39 is 12.7 Å². The molecule has 4 rings (SSSR count). The number of carbonyl (C=O) groups excluding carboxylic acids is 1. The smallest absolute Gasteiger partial charge is 0.387 e. The number of aliphatic hydroxyl groups is 1. The average molecular weight is 441 g/mol. The van der Waals surface area contributed by atoms with E-state index in [1.165, 1.54) is 24.3 Å². The fourth-order valence-corrected chi connectivity index (χ4v) is 4.00. The third kappa shape index (κ3) is 4.96. The third-order valence-corrected chi connectivity index (χ3v) is 5.59. The molecule has 1 atom stereocenters. The highest BCUT2D eigenvalue weighted by Crippen LogP contribution is 2.26. The Balaban J connectivity index is 1.49. The van der Waals surface area contributed by atoms with Crippen LogP contribution in [0.1, 0.15) is 52.7 Å². The standard InChI is InChI=1S/C24H25F2N3O3/c25-24(26)32-18-13-11-16(12-14-18)21(30)15-27-23(31)22-19-9-5-2-6-10-20(19)29(28-22)17-7-3-1-4-8-17/h1,3-4,7-8,11-14,21,24,30H,2,5-6,9-10,15H2,(H,27,31). The number of para-hydroxylation sites is 1. The zero-order valence-electron chi connectivity index (χ0n) is 17.5. The van der Waals surface area contributed by atoms with Crippen LogP contribution in [-0.2, 0) is 12.8 Å². The molecule has 6 nitrogen and oxygen atoms in total. The van der Waals surface area contributed by atoms with Crippen molar-refractivity contribution in [2.75, 3.05) is 6.54 Å². The highest BCUT2D eigenvalue weighted by atomic mass is 19.3. The van der Waals surface area contributed by atoms with E-state index in [1.54, 1.807) is 0 Å². The van der Waals surface area contributed by atoms with Gasteiger partial charge in [-0.2, -0.15) is 13.9 Å². The summed E-state index contributed by atoms with van der Waals surface area (Å²) >= 11 is 0. The second-order valence-electron chi connectivity index (χ2n) is 7.76. The van der Waals surface area contributed by atoms with E-state index in [9.17, 15) is 18.7 Å². The molecule has 0 radical (unpaired) electrons. The van der Waals surface area contributed by atoms with Gasteiger partial charge in [0.25, 0.3) is 5.91 Å². The van der Waals surface area contributed by atoms with Crippen molar-refractivity contribution >= 4 is 5.91 Å². The molecule has 1 unspecified atom stereocenters. The van der Waals surface area contributed by atoms with Crippen molar-refractivity contribution in [3.05, 3.63) is 77.1 Å². The Morgan fingerprint density at radius 3 is 2.50 bits per heavy atom. The molecule has 1 aliphatic carbocycles. The summed E-state index contributed by atoms with van der Waals surface area (Å²) < 4.78 is 30.7. The Labute approximate surface area is 184 Å². The fourth-order valence-electron chi connectivity index (χ4n) is 4.00. The van der Waals surface area contributed by atoms with Gasteiger partial charge in [-0.15, -0.1) is 0 Å². The van der Waals surface area contributed by atoms with E-state index in [0.717, 1.165) is 49.0 Å². The van der Waals surface area contributed by atoms with Gasteiger partial charge in [0, 0.05) is 17.8 Å². The van der Waals surface area contributed by atoms with Crippen LogP contribution in [0.5, 0.6) is 5.75 Å². The van der Waals surface area contributed by atoms with E-state index in [4.69, 9.17) is 0 Å². The number of halogens is 2. The maximum absolute atomic E-state index is 13.0. The van der Waals surface area contributed by atoms with Crippen molar-refractivity contribution in [2.24, 2.45) is 0 Å². The number of aromatic nitrogens is 2. The molecule has 32 heavy (non-hydrogen) atoms. The van der Waals surface area contributed by atoms with Gasteiger partial charge in [-0.05, 0) is 55.5 Å². The summed E-state index contributed by atoms with van der Waals surface area (Å²) in [6, 6.07) is 15.4. The molecule has 0 aliphatic heterocycles. The number of carbonyl (C=O) groups is 1. The van der Waals surface area contributed by atoms with Gasteiger partial charge in [0.05, 0.1) is 11.8 Å². The number of nitrogens with zero attached hydrogens (tertiary/aromatic N) is 2. The first-order valence-corrected chi connectivity index (χ1v) is 10.7. The lowest BCUT2D eigenvalue weighted by Gasteiger charge is -2.13. The number of aliphatic hydroxyl groups excluding tert-OH is 1. The molecule has 2 aromatic carbocycles. The summed E-state index contributed by atoms with van der Waals surface area (Å²) in [7, 11) is 0. The SMILES string of the molecule is O=C(NCC(O)c1ccc(OC(F)F)cc1)c1nn(-c2ccccc2)c2c1CCCCC2. The molecule has 1 amide bonds. The first kappa shape index (κ1) is 22.0. The first-order valence-electron chi connectivity index (χ1n) is 10.7. The van der Waals surface area contributed by atoms with Gasteiger partial charge >= 0.3 is 6.61 Å². The highest BCUT2D eigenvalue weighted by molar-refractivity contribution is 5.94. The minimum Gasteiger partial charge on any atom is -0.435 e. The van der Waals surface area contributed by atoms with E-state index in [1.807, 2.05) is 35.0 Å². The number of amides is 1. The van der Waals surface area contributed by atoms with Crippen molar-refractivity contribution in [1.82, 2.24) is 15.1 Å². The molecular weight excluding hydrogens is 416 g/mol. The van der Waals surface area contributed by atoms with Gasteiger partial charge in [-0.25, -0.2) is 4.68 Å². The van der Waals surface area contributed by atoms with Gasteiger partial charge in [0.1, 0.15) is 5.75 Å². The summed E-state index contributed by atoms with van der Waals surface area (Å²) in [6.45, 7) is -2.93. The molecule has 0 saturated carbocycles. The normalized spacial score (nSPS) is 14.5. The van der Waals surface area contributed by atoms with Gasteiger partial charge in [-0.1, -0.05) is 36.8 Å². The summed E-state index contributed by atoms with van der Waals surface area (Å²) in [4.78, 5) is 13.0. The molecule has 1 aliphatic rings. The number of hydrogen-bond donors (Lipinski definition) is 2. The maximum Gasteiger partial charge on any atom is 0.387 e. The molecule has 168 valence electrons. The second-order valence-corrected chi connectivity index (χ2v) is 7.76. The summed E-state index contributed by atoms with van der Waals surface area (Å²) in [6.07, 6.45) is 3.82. The zero-order chi connectivity index (χ0) is 22.5. The summed E-state index contributed by atoms with van der Waals surface area (Å²) in [5.41, 5.74) is 3.82. The van der Waals surface area contributed by atoms with Crippen molar-refractivity contribution < 1.29 is 23.4 Å². The van der Waals surface area contributed by atoms with Gasteiger partial charge in [0.2, 0.25) is 0 Å². The Kier molecular flexibility index (Phi) is 6.80. The van der Waals surface area contributed by atoms with Crippen LogP contribution in [0.3, 0.4) is 0 Å². The highest BCUT2D eigenvalue weighted by Gasteiger charge is 2.25. The Morgan fingerprint density at radius 2 is 1.78 bits per heavy atom. The average Bonchev–Trinajstić information content (AvgIpc) is 2.99. The lowest BCUT2D eigenvalue weighted by molar-refractivity contribution is -0.0498. The van der Waals surface area contributed by atoms with Crippen molar-refractivity contribution in [3.63, 3.8) is 0 Å². The van der Waals surface area contributed by atoms with Crippen LogP contribution >= 0.6 is 0 Å². The van der Waals surface area contributed by atoms with Gasteiger partial charge in [0.15, 0.2) is 5.69 Å². The van der Waals surface area contributed by atoms with Crippen LogP contribution in [-0.4, -0.2) is 34.0 Å². The monoisotopic (exact) mass is 441 g/mol. The number of nitrogens with one attached hydrogen (secondary N) is 1. The molecular formula is C24H25F2N3O3. The number of fused-ring (bicyclic) bond motifs is 1. The van der Waals surface area contributed by atoms with E-state index in [2.05, 4.69) is 15.2 Å². The van der Waals surface area contributed by atoms with Crippen LogP contribution in [0, 0.1) is 0 Å². The number of benzene rings is 2. The van der Waals surface area contributed by atoms with Crippen molar-refractivity contribution in [2.45, 2.75) is 44.8 Å². The minimum atomic E-state index is -2.91. The summed E-state index contributed by atoms with van der Waals surface area (Å²) in [5.74, 6) is -0.330. The van der Waals surface area contributed by atoms with Gasteiger partial charge in [-0.3, -0.25) is 4.79 Å². The van der Waals surface area contributed by atoms with Crippen molar-refractivity contribution in [1.29, 1.82) is 0 Å². The van der Waals surface area contributed by atoms with E-state index >= 15 is 0 Å². The van der Waals surface area contributed by atoms with E-state index in [0.29, 0.717) is 11.3 Å². The predicted octanol–water partition coefficient (Wildman–Crippen LogP) is 4.21. The van der Waals surface area contributed by atoms with Crippen LogP contribution in [0.4, 0.5) is 8.78 Å². The quantitative estimate of drug-likeness (QED) is 0.539. The largest absolute Gasteiger partial charge is 0.435 e. The van der Waals surface area contributed by atoms with Crippen LogP contribution < -0.4 is 10.1 Å². The molecule has 0 bridgehead atoms. The number of alkyl halides is 2. The maximum atomic E-state index is 13.0. The molecule has 3 aromatic rings. The Hall–Kier alpha value is -3.26. The third-order valence-electron chi connectivity index (χ3n) is 5.59. The zero-order valence-corrected chi connectivity index (χ0v) is 17.5. The van der Waals surface area contributed by atoms with Crippen molar-refractivity contribution in [3.8, 4) is 11.4 Å². The molecule has 0 spiro atoms. The minimum absolute atomic E-state index is 0.00845. The topological polar surface area (TPSA) is 76.4 Å². The lowest BCUT2D eigenvalue weighted by Crippen LogP contribution is -2.29. The van der Waals surface area contributed by atoms with E-state index in [-0.39, 0.29) is 18.2 Å². The second kappa shape index (κ2) is 9.91. The molecule has 1 aromatic heterocycles. The van der Waals surface area contributed by atoms with Crippen LogP contribution in [0.2, 0.25) is 0 Å².